The van der Waals surface area contributed by atoms with E-state index in [9.17, 15) is 14.4 Å². The van der Waals surface area contributed by atoms with Gasteiger partial charge in [0.1, 0.15) is 11.4 Å². The number of likely N-dealkylation sites (tertiary alicyclic amines) is 3. The first-order chi connectivity index (χ1) is 21.0. The maximum absolute atomic E-state index is 13.8. The van der Waals surface area contributed by atoms with Crippen molar-refractivity contribution in [1.29, 1.82) is 0 Å². The lowest BCUT2D eigenvalue weighted by Gasteiger charge is -2.34. The molecule has 2 atom stereocenters. The first-order valence-corrected chi connectivity index (χ1v) is 17.1. The first kappa shape index (κ1) is 32.5. The molecule has 0 N–H and O–H groups in total. The number of carbonyl (C=O) groups is 3. The van der Waals surface area contributed by atoms with E-state index in [0.29, 0.717) is 65.9 Å². The van der Waals surface area contributed by atoms with E-state index in [4.69, 9.17) is 11.6 Å². The number of anilines is 2. The molecular formula is C32H44ClN7O3S. The third-order valence-corrected chi connectivity index (χ3v) is 10.3. The molecule has 3 fully saturated rings. The van der Waals surface area contributed by atoms with Crippen molar-refractivity contribution in [3.05, 3.63) is 40.5 Å². The molecule has 0 saturated carbocycles. The monoisotopic (exact) mass is 641 g/mol. The average Bonchev–Trinajstić information content (AvgIpc) is 3.59. The number of aryl methyl sites for hydroxylation is 1. The minimum atomic E-state index is -0.101. The van der Waals surface area contributed by atoms with Gasteiger partial charge in [-0.3, -0.25) is 14.4 Å². The fraction of sp³-hybridized carbons (Fsp3) is 0.594. The van der Waals surface area contributed by atoms with Gasteiger partial charge in [0.25, 0.3) is 5.91 Å². The normalized spacial score (nSPS) is 20.6. The zero-order valence-corrected chi connectivity index (χ0v) is 28.0. The standard InChI is InChI=1S/C32H44ClN7O3S/c1-21-7-8-26(15-28(21)33)40(30(42)23-9-13-38(14-10-23)22(2)41)12-6-11-37-17-24-19-39(20-25(24)18-37)31(43)27-16-34-32(44-5)35-29(27)36(3)4/h7-8,15-16,23-25H,6,9-14,17-20H2,1-5H3. The van der Waals surface area contributed by atoms with Crippen LogP contribution in [0, 0.1) is 24.7 Å². The molecule has 3 saturated heterocycles. The van der Waals surface area contributed by atoms with Crippen molar-refractivity contribution in [2.45, 2.75) is 38.3 Å². The van der Waals surface area contributed by atoms with Crippen LogP contribution in [-0.4, -0.2) is 115 Å². The summed E-state index contributed by atoms with van der Waals surface area (Å²) in [5.41, 5.74) is 2.37. The van der Waals surface area contributed by atoms with E-state index in [2.05, 4.69) is 14.9 Å². The van der Waals surface area contributed by atoms with Gasteiger partial charge in [-0.1, -0.05) is 29.4 Å². The van der Waals surface area contributed by atoms with E-state index in [0.717, 1.165) is 50.4 Å². The van der Waals surface area contributed by atoms with E-state index in [1.165, 1.54) is 11.8 Å². The molecule has 5 rings (SSSR count). The van der Waals surface area contributed by atoms with Crippen molar-refractivity contribution < 1.29 is 14.4 Å². The lowest BCUT2D eigenvalue weighted by molar-refractivity contribution is -0.133. The van der Waals surface area contributed by atoms with Crippen LogP contribution < -0.4 is 9.80 Å². The van der Waals surface area contributed by atoms with Crippen LogP contribution in [-0.2, 0) is 9.59 Å². The summed E-state index contributed by atoms with van der Waals surface area (Å²) in [6.45, 7) is 9.67. The molecule has 3 aliphatic rings. The van der Waals surface area contributed by atoms with Gasteiger partial charge in [-0.25, -0.2) is 9.97 Å². The molecule has 0 radical (unpaired) electrons. The lowest BCUT2D eigenvalue weighted by Crippen LogP contribution is -2.44. The highest BCUT2D eigenvalue weighted by Gasteiger charge is 2.42. The van der Waals surface area contributed by atoms with Gasteiger partial charge < -0.3 is 24.5 Å². The molecule has 2 unspecified atom stereocenters. The first-order valence-electron chi connectivity index (χ1n) is 15.5. The van der Waals surface area contributed by atoms with Crippen LogP contribution in [0.15, 0.2) is 29.6 Å². The average molecular weight is 642 g/mol. The summed E-state index contributed by atoms with van der Waals surface area (Å²) in [5, 5.41) is 1.31. The van der Waals surface area contributed by atoms with Gasteiger partial charge in [0.05, 0.1) is 0 Å². The zero-order valence-electron chi connectivity index (χ0n) is 26.5. The van der Waals surface area contributed by atoms with Crippen LogP contribution >= 0.6 is 23.4 Å². The van der Waals surface area contributed by atoms with E-state index in [-0.39, 0.29) is 23.6 Å². The highest BCUT2D eigenvalue weighted by molar-refractivity contribution is 7.98. The molecule has 4 heterocycles. The number of hydrogen-bond donors (Lipinski definition) is 0. The van der Waals surface area contributed by atoms with Gasteiger partial charge in [0, 0.05) is 89.7 Å². The number of thioether (sulfide) groups is 1. The molecule has 0 bridgehead atoms. The Hall–Kier alpha value is -2.89. The van der Waals surface area contributed by atoms with Crippen molar-refractivity contribution >= 4 is 52.6 Å². The Morgan fingerprint density at radius 2 is 1.73 bits per heavy atom. The van der Waals surface area contributed by atoms with Crippen LogP contribution in [0.3, 0.4) is 0 Å². The zero-order chi connectivity index (χ0) is 31.5. The number of fused-ring (bicyclic) bond motifs is 1. The Labute approximate surface area is 270 Å². The van der Waals surface area contributed by atoms with Crippen molar-refractivity contribution in [3.63, 3.8) is 0 Å². The number of piperidine rings is 1. The fourth-order valence-electron chi connectivity index (χ4n) is 6.79. The third kappa shape index (κ3) is 7.15. The Morgan fingerprint density at radius 1 is 1.05 bits per heavy atom. The van der Waals surface area contributed by atoms with Gasteiger partial charge >= 0.3 is 0 Å². The highest BCUT2D eigenvalue weighted by Crippen LogP contribution is 2.33. The number of rotatable bonds is 9. The van der Waals surface area contributed by atoms with E-state index < -0.39 is 0 Å². The molecule has 3 aliphatic heterocycles. The second-order valence-corrected chi connectivity index (χ2v) is 13.7. The fourth-order valence-corrected chi connectivity index (χ4v) is 7.30. The number of hydrogen-bond acceptors (Lipinski definition) is 8. The molecular weight excluding hydrogens is 598 g/mol. The largest absolute Gasteiger partial charge is 0.362 e. The number of halogens is 1. The van der Waals surface area contributed by atoms with Crippen LogP contribution in [0.1, 0.15) is 42.1 Å². The van der Waals surface area contributed by atoms with Crippen LogP contribution in [0.5, 0.6) is 0 Å². The Morgan fingerprint density at radius 3 is 2.32 bits per heavy atom. The summed E-state index contributed by atoms with van der Waals surface area (Å²) in [7, 11) is 3.80. The molecule has 3 amide bonds. The van der Waals surface area contributed by atoms with E-state index in [1.54, 1.807) is 13.1 Å². The van der Waals surface area contributed by atoms with Crippen LogP contribution in [0.4, 0.5) is 11.5 Å². The highest BCUT2D eigenvalue weighted by atomic mass is 35.5. The Bertz CT molecular complexity index is 1370. The molecule has 12 heteroatoms. The van der Waals surface area contributed by atoms with Crippen LogP contribution in [0.2, 0.25) is 5.02 Å². The van der Waals surface area contributed by atoms with Gasteiger partial charge in [-0.05, 0) is 68.5 Å². The van der Waals surface area contributed by atoms with Crippen molar-refractivity contribution in [2.75, 3.05) is 82.5 Å². The number of benzene rings is 1. The quantitative estimate of drug-likeness (QED) is 0.301. The van der Waals surface area contributed by atoms with Crippen molar-refractivity contribution in [2.24, 2.45) is 17.8 Å². The van der Waals surface area contributed by atoms with Gasteiger partial charge in [0.15, 0.2) is 5.16 Å². The minimum Gasteiger partial charge on any atom is -0.362 e. The second-order valence-electron chi connectivity index (χ2n) is 12.5. The smallest absolute Gasteiger partial charge is 0.259 e. The molecule has 44 heavy (non-hydrogen) atoms. The maximum Gasteiger partial charge on any atom is 0.259 e. The number of carbonyl (C=O) groups excluding carboxylic acids is 3. The second kappa shape index (κ2) is 14.0. The molecule has 2 aromatic rings. The number of amides is 3. The summed E-state index contributed by atoms with van der Waals surface area (Å²) in [5.74, 6) is 1.62. The summed E-state index contributed by atoms with van der Waals surface area (Å²) in [6, 6.07) is 5.85. The molecule has 238 valence electrons. The molecule has 0 spiro atoms. The summed E-state index contributed by atoms with van der Waals surface area (Å²) in [4.78, 5) is 58.1. The molecule has 0 aliphatic carbocycles. The Kier molecular flexibility index (Phi) is 10.4. The van der Waals surface area contributed by atoms with E-state index in [1.807, 2.05) is 65.1 Å². The van der Waals surface area contributed by atoms with Crippen molar-refractivity contribution in [3.8, 4) is 0 Å². The van der Waals surface area contributed by atoms with Crippen LogP contribution in [0.25, 0.3) is 0 Å². The number of aromatic nitrogens is 2. The third-order valence-electron chi connectivity index (χ3n) is 9.31. The lowest BCUT2D eigenvalue weighted by atomic mass is 9.94. The summed E-state index contributed by atoms with van der Waals surface area (Å²) in [6.07, 6.45) is 5.80. The predicted molar refractivity (Wildman–Crippen MR) is 176 cm³/mol. The molecule has 1 aromatic heterocycles. The Balaban J connectivity index is 1.17. The predicted octanol–water partition coefficient (Wildman–Crippen LogP) is 3.91. The number of nitrogens with zero attached hydrogens (tertiary/aromatic N) is 7. The van der Waals surface area contributed by atoms with E-state index >= 15 is 0 Å². The van der Waals surface area contributed by atoms with Gasteiger partial charge in [0.2, 0.25) is 11.8 Å². The SMILES string of the molecule is CSc1ncc(C(=O)N2CC3CN(CCCN(C(=O)C4CCN(C(C)=O)CC4)c4ccc(C)c(Cl)c4)CC3C2)c(N(C)C)n1. The van der Waals surface area contributed by atoms with Crippen molar-refractivity contribution in [1.82, 2.24) is 24.7 Å². The minimum absolute atomic E-state index is 0.00218. The molecule has 10 nitrogen and oxygen atoms in total. The summed E-state index contributed by atoms with van der Waals surface area (Å²) >= 11 is 7.94. The van der Waals surface area contributed by atoms with Gasteiger partial charge in [-0.15, -0.1) is 0 Å². The topological polar surface area (TPSA) is 93.2 Å². The summed E-state index contributed by atoms with van der Waals surface area (Å²) < 4.78 is 0. The molecule has 1 aromatic carbocycles. The maximum atomic E-state index is 13.8. The van der Waals surface area contributed by atoms with Gasteiger partial charge in [-0.2, -0.15) is 0 Å².